The van der Waals surface area contributed by atoms with Crippen molar-refractivity contribution in [3.05, 3.63) is 16.3 Å². The highest BCUT2D eigenvalue weighted by molar-refractivity contribution is 5.08. The molecule has 2 rings (SSSR count). The van der Waals surface area contributed by atoms with Crippen LogP contribution in [0, 0.1) is 11.8 Å². The molecular weight excluding hydrogens is 214 g/mol. The first kappa shape index (κ1) is 12.0. The maximum atomic E-state index is 12.3. The third-order valence-electron chi connectivity index (χ3n) is 2.88. The van der Waals surface area contributed by atoms with E-state index in [0.29, 0.717) is 12.5 Å². The number of hydrogen-bond acceptors (Lipinski definition) is 2. The lowest BCUT2D eigenvalue weighted by Crippen LogP contribution is -2.36. The molecule has 17 heavy (non-hydrogen) atoms. The van der Waals surface area contributed by atoms with Crippen LogP contribution in [0.25, 0.3) is 0 Å². The molecule has 0 atom stereocenters. The van der Waals surface area contributed by atoms with Crippen molar-refractivity contribution in [2.24, 2.45) is 0 Å². The zero-order chi connectivity index (χ0) is 12.6. The highest BCUT2D eigenvalue weighted by Crippen LogP contribution is 2.39. The molecular formula is C13H19N3O. The summed E-state index contributed by atoms with van der Waals surface area (Å²) in [6, 6.07) is 0. The van der Waals surface area contributed by atoms with Crippen LogP contribution in [-0.4, -0.2) is 14.3 Å². The molecule has 0 saturated heterocycles. The van der Waals surface area contributed by atoms with Crippen LogP contribution in [0.15, 0.2) is 4.79 Å². The summed E-state index contributed by atoms with van der Waals surface area (Å²) in [5.41, 5.74) is -0.255. The smallest absolute Gasteiger partial charge is 0.273 e. The molecule has 4 nitrogen and oxygen atoms in total. The van der Waals surface area contributed by atoms with Gasteiger partial charge in [-0.25, -0.2) is 9.48 Å². The molecule has 1 aliphatic carbocycles. The van der Waals surface area contributed by atoms with Crippen LogP contribution in [0.1, 0.15) is 52.3 Å². The Labute approximate surface area is 102 Å². The van der Waals surface area contributed by atoms with Crippen LogP contribution in [0.2, 0.25) is 0 Å². The van der Waals surface area contributed by atoms with E-state index >= 15 is 0 Å². The molecule has 0 aliphatic heterocycles. The summed E-state index contributed by atoms with van der Waals surface area (Å²) in [5, 5.41) is 4.44. The predicted molar refractivity (Wildman–Crippen MR) is 66.9 cm³/mol. The predicted octanol–water partition coefficient (Wildman–Crippen LogP) is 1.70. The highest BCUT2D eigenvalue weighted by atomic mass is 16.2. The molecule has 1 aliphatic rings. The Hall–Kier alpha value is -1.50. The molecule has 0 amide bonds. The molecule has 1 saturated carbocycles. The van der Waals surface area contributed by atoms with Crippen molar-refractivity contribution in [2.45, 2.75) is 58.5 Å². The Morgan fingerprint density at radius 3 is 2.53 bits per heavy atom. The SMILES string of the molecule is CC#CCn1nc(C2CC2)n(C(C)(C)C)c1=O. The topological polar surface area (TPSA) is 39.8 Å². The molecule has 1 aromatic heterocycles. The van der Waals surface area contributed by atoms with E-state index in [1.54, 1.807) is 6.92 Å². The monoisotopic (exact) mass is 233 g/mol. The van der Waals surface area contributed by atoms with Gasteiger partial charge in [0.05, 0.1) is 0 Å². The fourth-order valence-corrected chi connectivity index (χ4v) is 1.92. The average molecular weight is 233 g/mol. The van der Waals surface area contributed by atoms with E-state index in [1.165, 1.54) is 4.68 Å². The molecule has 0 bridgehead atoms. The Balaban J connectivity index is 2.50. The Morgan fingerprint density at radius 1 is 1.41 bits per heavy atom. The lowest BCUT2D eigenvalue weighted by molar-refractivity contribution is 0.369. The van der Waals surface area contributed by atoms with Gasteiger partial charge in [0.1, 0.15) is 12.4 Å². The lowest BCUT2D eigenvalue weighted by atomic mass is 10.1. The largest absolute Gasteiger partial charge is 0.347 e. The summed E-state index contributed by atoms with van der Waals surface area (Å²) >= 11 is 0. The van der Waals surface area contributed by atoms with Gasteiger partial charge in [-0.1, -0.05) is 5.92 Å². The molecule has 0 unspecified atom stereocenters. The van der Waals surface area contributed by atoms with Crippen molar-refractivity contribution in [3.63, 3.8) is 0 Å². The van der Waals surface area contributed by atoms with Gasteiger partial charge in [-0.2, -0.15) is 5.10 Å². The quantitative estimate of drug-likeness (QED) is 0.729. The first-order chi connectivity index (χ1) is 7.95. The second-order valence-corrected chi connectivity index (χ2v) is 5.51. The fraction of sp³-hybridized carbons (Fsp3) is 0.692. The summed E-state index contributed by atoms with van der Waals surface area (Å²) < 4.78 is 3.30. The fourth-order valence-electron chi connectivity index (χ4n) is 1.92. The van der Waals surface area contributed by atoms with Crippen LogP contribution >= 0.6 is 0 Å². The molecule has 0 radical (unpaired) electrons. The highest BCUT2D eigenvalue weighted by Gasteiger charge is 2.34. The maximum absolute atomic E-state index is 12.3. The summed E-state index contributed by atoms with van der Waals surface area (Å²) in [6.45, 7) is 8.28. The molecule has 92 valence electrons. The van der Waals surface area contributed by atoms with Crippen LogP contribution in [0.3, 0.4) is 0 Å². The van der Waals surface area contributed by atoms with Gasteiger partial charge < -0.3 is 0 Å². The van der Waals surface area contributed by atoms with Gasteiger partial charge in [0, 0.05) is 11.5 Å². The normalized spacial score (nSPS) is 15.5. The van der Waals surface area contributed by atoms with Gasteiger partial charge in [0.15, 0.2) is 0 Å². The minimum Gasteiger partial charge on any atom is -0.273 e. The molecule has 1 fully saturated rings. The van der Waals surface area contributed by atoms with Crippen molar-refractivity contribution in [1.82, 2.24) is 14.3 Å². The second-order valence-electron chi connectivity index (χ2n) is 5.51. The molecule has 0 N–H and O–H groups in total. The van der Waals surface area contributed by atoms with Crippen molar-refractivity contribution in [3.8, 4) is 11.8 Å². The van der Waals surface area contributed by atoms with Crippen LogP contribution in [0.5, 0.6) is 0 Å². The standard InChI is InChI=1S/C13H19N3O/c1-5-6-9-15-12(17)16(13(2,3)4)11(14-15)10-7-8-10/h10H,7-9H2,1-4H3. The van der Waals surface area contributed by atoms with Gasteiger partial charge in [-0.3, -0.25) is 4.57 Å². The summed E-state index contributed by atoms with van der Waals surface area (Å²) in [4.78, 5) is 12.3. The van der Waals surface area contributed by atoms with Crippen molar-refractivity contribution in [2.75, 3.05) is 0 Å². The van der Waals surface area contributed by atoms with E-state index in [2.05, 4.69) is 16.9 Å². The van der Waals surface area contributed by atoms with Crippen molar-refractivity contribution < 1.29 is 0 Å². The third-order valence-corrected chi connectivity index (χ3v) is 2.88. The van der Waals surface area contributed by atoms with Gasteiger partial charge >= 0.3 is 5.69 Å². The third kappa shape index (κ3) is 2.28. The lowest BCUT2D eigenvalue weighted by Gasteiger charge is -2.21. The van der Waals surface area contributed by atoms with E-state index < -0.39 is 0 Å². The van der Waals surface area contributed by atoms with Crippen molar-refractivity contribution >= 4 is 0 Å². The summed E-state index contributed by atoms with van der Waals surface area (Å²) in [6.07, 6.45) is 2.29. The average Bonchev–Trinajstić information content (AvgIpc) is 2.99. The number of hydrogen-bond donors (Lipinski definition) is 0. The number of nitrogens with zero attached hydrogens (tertiary/aromatic N) is 3. The van der Waals surface area contributed by atoms with E-state index in [1.807, 2.05) is 25.3 Å². The van der Waals surface area contributed by atoms with Gasteiger partial charge in [-0.05, 0) is 40.5 Å². The first-order valence-electron chi connectivity index (χ1n) is 6.05. The van der Waals surface area contributed by atoms with E-state index in [-0.39, 0.29) is 11.2 Å². The first-order valence-corrected chi connectivity index (χ1v) is 6.05. The molecule has 0 spiro atoms. The van der Waals surface area contributed by atoms with Crippen molar-refractivity contribution in [1.29, 1.82) is 0 Å². The van der Waals surface area contributed by atoms with Crippen LogP contribution in [-0.2, 0) is 12.1 Å². The Morgan fingerprint density at radius 2 is 2.06 bits per heavy atom. The van der Waals surface area contributed by atoms with E-state index in [4.69, 9.17) is 0 Å². The zero-order valence-electron chi connectivity index (χ0n) is 10.9. The molecule has 1 heterocycles. The zero-order valence-corrected chi connectivity index (χ0v) is 10.9. The maximum Gasteiger partial charge on any atom is 0.347 e. The Bertz CT molecular complexity index is 530. The van der Waals surface area contributed by atoms with Gasteiger partial charge in [0.2, 0.25) is 0 Å². The number of rotatable bonds is 2. The Kier molecular flexibility index (Phi) is 2.86. The molecule has 0 aromatic carbocycles. The van der Waals surface area contributed by atoms with E-state index in [0.717, 1.165) is 18.7 Å². The molecule has 1 aromatic rings. The van der Waals surface area contributed by atoms with Gasteiger partial charge in [0.25, 0.3) is 0 Å². The number of aromatic nitrogens is 3. The molecule has 4 heteroatoms. The van der Waals surface area contributed by atoms with Crippen LogP contribution in [0.4, 0.5) is 0 Å². The van der Waals surface area contributed by atoms with E-state index in [9.17, 15) is 4.79 Å². The minimum atomic E-state index is -0.215. The second kappa shape index (κ2) is 4.06. The summed E-state index contributed by atoms with van der Waals surface area (Å²) in [5.74, 6) is 7.09. The summed E-state index contributed by atoms with van der Waals surface area (Å²) in [7, 11) is 0. The van der Waals surface area contributed by atoms with Gasteiger partial charge in [-0.15, -0.1) is 5.92 Å². The van der Waals surface area contributed by atoms with Crippen LogP contribution < -0.4 is 5.69 Å². The minimum absolute atomic E-state index is 0.0397.